The van der Waals surface area contributed by atoms with Gasteiger partial charge in [0.15, 0.2) is 18.1 Å². The molecule has 5 nitrogen and oxygen atoms in total. The van der Waals surface area contributed by atoms with Crippen LogP contribution in [0.4, 0.5) is 0 Å². The van der Waals surface area contributed by atoms with Gasteiger partial charge in [-0.1, -0.05) is 66.7 Å². The first-order valence-electron chi connectivity index (χ1n) is 11.6. The number of benzene rings is 3. The highest BCUT2D eigenvalue weighted by molar-refractivity contribution is 5.74. The van der Waals surface area contributed by atoms with Gasteiger partial charge in [-0.15, -0.1) is 0 Å². The predicted octanol–water partition coefficient (Wildman–Crippen LogP) is 6.21. The van der Waals surface area contributed by atoms with Crippen LogP contribution in [0.5, 0.6) is 17.2 Å². The van der Waals surface area contributed by atoms with Crippen molar-refractivity contribution >= 4 is 18.1 Å². The quantitative estimate of drug-likeness (QED) is 0.172. The molecule has 0 amide bonds. The Hall–Kier alpha value is -3.73. The number of para-hydroxylation sites is 1. The van der Waals surface area contributed by atoms with Crippen molar-refractivity contribution in [3.8, 4) is 17.2 Å². The molecule has 0 radical (unpaired) electrons. The van der Waals surface area contributed by atoms with Crippen LogP contribution in [0.3, 0.4) is 0 Å². The van der Waals surface area contributed by atoms with E-state index in [0.29, 0.717) is 24.7 Å². The van der Waals surface area contributed by atoms with Crippen LogP contribution < -0.4 is 14.2 Å². The normalized spacial score (nSPS) is 10.8. The summed E-state index contributed by atoms with van der Waals surface area (Å²) in [7, 11) is 1.64. The molecule has 0 aliphatic heterocycles. The van der Waals surface area contributed by atoms with Crippen LogP contribution in [0.1, 0.15) is 36.5 Å². The summed E-state index contributed by atoms with van der Waals surface area (Å²) in [6.45, 7) is 2.62. The average molecular weight is 461 g/mol. The van der Waals surface area contributed by atoms with Gasteiger partial charge in [-0.2, -0.15) is 0 Å². The largest absolute Gasteiger partial charge is 0.493 e. The number of carbonyl (C=O) groups excluding carboxylic acids is 1. The molecule has 0 aromatic heterocycles. The Labute approximate surface area is 201 Å². The molecule has 34 heavy (non-hydrogen) atoms. The fraction of sp³-hybridized carbons (Fsp3) is 0.276. The maximum Gasteiger partial charge on any atom is 0.344 e. The Bertz CT molecular complexity index is 1060. The van der Waals surface area contributed by atoms with Crippen molar-refractivity contribution < 1.29 is 23.7 Å². The summed E-state index contributed by atoms with van der Waals surface area (Å²) in [6, 6.07) is 23.9. The molecule has 0 unspecified atom stereocenters. The van der Waals surface area contributed by atoms with Crippen LogP contribution in [0.15, 0.2) is 72.8 Å². The maximum absolute atomic E-state index is 11.6. The minimum absolute atomic E-state index is 0.121. The summed E-state index contributed by atoms with van der Waals surface area (Å²) >= 11 is 0. The molecular weight excluding hydrogens is 428 g/mol. The highest BCUT2D eigenvalue weighted by atomic mass is 16.6. The molecule has 5 heteroatoms. The van der Waals surface area contributed by atoms with Gasteiger partial charge in [-0.25, -0.2) is 4.79 Å². The lowest BCUT2D eigenvalue weighted by Gasteiger charge is -2.11. The number of hydrogen-bond acceptors (Lipinski definition) is 5. The first kappa shape index (κ1) is 24.9. The van der Waals surface area contributed by atoms with E-state index >= 15 is 0 Å². The van der Waals surface area contributed by atoms with E-state index < -0.39 is 0 Å². The monoisotopic (exact) mass is 460 g/mol. The van der Waals surface area contributed by atoms with Crippen molar-refractivity contribution in [2.45, 2.75) is 26.2 Å². The summed E-state index contributed by atoms with van der Waals surface area (Å²) in [5.41, 5.74) is 3.18. The molecule has 3 aromatic rings. The van der Waals surface area contributed by atoms with Gasteiger partial charge in [0.25, 0.3) is 0 Å². The molecule has 0 fully saturated rings. The van der Waals surface area contributed by atoms with E-state index in [1.807, 2.05) is 60.7 Å². The number of ether oxygens (including phenoxy) is 4. The fourth-order valence-electron chi connectivity index (χ4n) is 3.44. The number of aryl methyl sites for hydroxylation is 1. The molecule has 0 saturated heterocycles. The van der Waals surface area contributed by atoms with Crippen molar-refractivity contribution in [2.75, 3.05) is 26.9 Å². The van der Waals surface area contributed by atoms with Crippen LogP contribution in [0.2, 0.25) is 0 Å². The summed E-state index contributed by atoms with van der Waals surface area (Å²) in [6.07, 6.45) is 7.02. The fourth-order valence-corrected chi connectivity index (χ4v) is 3.44. The Morgan fingerprint density at radius 1 is 0.824 bits per heavy atom. The van der Waals surface area contributed by atoms with Gasteiger partial charge < -0.3 is 18.9 Å². The van der Waals surface area contributed by atoms with Gasteiger partial charge in [0.05, 0.1) is 20.3 Å². The lowest BCUT2D eigenvalue weighted by atomic mass is 10.1. The van der Waals surface area contributed by atoms with Crippen LogP contribution in [0.25, 0.3) is 12.2 Å². The number of unbranched alkanes of at least 4 members (excludes halogenated alkanes) is 1. The highest BCUT2D eigenvalue weighted by Gasteiger charge is 2.07. The molecule has 0 atom stereocenters. The minimum atomic E-state index is -0.387. The van der Waals surface area contributed by atoms with Gasteiger partial charge in [0, 0.05) is 5.56 Å². The van der Waals surface area contributed by atoms with Crippen LogP contribution in [0, 0.1) is 0 Å². The number of hydrogen-bond donors (Lipinski definition) is 0. The molecule has 0 heterocycles. The van der Waals surface area contributed by atoms with E-state index in [0.717, 1.165) is 36.1 Å². The molecule has 178 valence electrons. The number of methoxy groups -OCH3 is 1. The van der Waals surface area contributed by atoms with E-state index in [1.165, 1.54) is 5.56 Å². The smallest absolute Gasteiger partial charge is 0.344 e. The molecule has 3 aromatic carbocycles. The molecule has 0 spiro atoms. The molecule has 0 bridgehead atoms. The number of esters is 1. The predicted molar refractivity (Wildman–Crippen MR) is 135 cm³/mol. The van der Waals surface area contributed by atoms with Crippen molar-refractivity contribution in [3.63, 3.8) is 0 Å². The number of carbonyl (C=O) groups is 1. The van der Waals surface area contributed by atoms with E-state index in [-0.39, 0.29) is 12.6 Å². The van der Waals surface area contributed by atoms with E-state index in [9.17, 15) is 4.79 Å². The van der Waals surface area contributed by atoms with Crippen molar-refractivity contribution in [2.24, 2.45) is 0 Å². The van der Waals surface area contributed by atoms with Crippen LogP contribution in [-0.4, -0.2) is 32.9 Å². The zero-order valence-electron chi connectivity index (χ0n) is 19.9. The first-order valence-corrected chi connectivity index (χ1v) is 11.6. The van der Waals surface area contributed by atoms with E-state index in [2.05, 4.69) is 24.3 Å². The summed E-state index contributed by atoms with van der Waals surface area (Å²) in [4.78, 5) is 11.6. The zero-order chi connectivity index (χ0) is 24.0. The molecule has 0 aliphatic carbocycles. The van der Waals surface area contributed by atoms with E-state index in [1.54, 1.807) is 14.0 Å². The molecule has 3 rings (SSSR count). The summed E-state index contributed by atoms with van der Waals surface area (Å²) < 4.78 is 22.1. The van der Waals surface area contributed by atoms with Gasteiger partial charge in [0.1, 0.15) is 5.75 Å². The second kappa shape index (κ2) is 13.7. The average Bonchev–Trinajstić information content (AvgIpc) is 2.87. The lowest BCUT2D eigenvalue weighted by Crippen LogP contribution is -2.14. The lowest BCUT2D eigenvalue weighted by molar-refractivity contribution is -0.145. The third-order valence-corrected chi connectivity index (χ3v) is 5.17. The Balaban J connectivity index is 1.55. The Kier molecular flexibility index (Phi) is 10.1. The molecular formula is C29H32O5. The SMILES string of the molecule is CCOC(=O)COc1ccccc1C=Cc1ccc(OCCCCc2ccccc2)c(OC)c1. The van der Waals surface area contributed by atoms with Crippen LogP contribution in [-0.2, 0) is 16.0 Å². The third kappa shape index (κ3) is 8.00. The second-order valence-corrected chi connectivity index (χ2v) is 7.67. The van der Waals surface area contributed by atoms with Gasteiger partial charge in [0.2, 0.25) is 0 Å². The molecule has 0 aliphatic rings. The van der Waals surface area contributed by atoms with Crippen molar-refractivity contribution in [1.82, 2.24) is 0 Å². The van der Waals surface area contributed by atoms with E-state index in [4.69, 9.17) is 18.9 Å². The first-order chi connectivity index (χ1) is 16.7. The molecule has 0 saturated carbocycles. The number of rotatable bonds is 13. The summed E-state index contributed by atoms with van der Waals surface area (Å²) in [5, 5.41) is 0. The second-order valence-electron chi connectivity index (χ2n) is 7.67. The zero-order valence-corrected chi connectivity index (χ0v) is 19.9. The minimum Gasteiger partial charge on any atom is -0.493 e. The van der Waals surface area contributed by atoms with Gasteiger partial charge in [-0.05, 0) is 55.5 Å². The topological polar surface area (TPSA) is 54.0 Å². The third-order valence-electron chi connectivity index (χ3n) is 5.17. The highest BCUT2D eigenvalue weighted by Crippen LogP contribution is 2.29. The van der Waals surface area contributed by atoms with Gasteiger partial charge in [-0.3, -0.25) is 0 Å². The van der Waals surface area contributed by atoms with Crippen LogP contribution >= 0.6 is 0 Å². The Morgan fingerprint density at radius 2 is 1.62 bits per heavy atom. The standard InChI is InChI=1S/C29H32O5/c1-3-32-29(30)22-34-26-15-8-7-14-25(26)18-16-24-17-19-27(28(21-24)31-2)33-20-10-9-13-23-11-5-4-6-12-23/h4-8,11-12,14-19,21H,3,9-10,13,20,22H2,1-2H3. The Morgan fingerprint density at radius 3 is 2.41 bits per heavy atom. The van der Waals surface area contributed by atoms with Gasteiger partial charge >= 0.3 is 5.97 Å². The summed E-state index contributed by atoms with van der Waals surface area (Å²) in [5.74, 6) is 1.66. The molecule has 0 N–H and O–H groups in total. The maximum atomic E-state index is 11.6. The van der Waals surface area contributed by atoms with Crippen molar-refractivity contribution in [3.05, 3.63) is 89.5 Å². The van der Waals surface area contributed by atoms with Crippen molar-refractivity contribution in [1.29, 1.82) is 0 Å².